The second kappa shape index (κ2) is 10.1. The third-order valence-electron chi connectivity index (χ3n) is 1.92. The highest BCUT2D eigenvalue weighted by molar-refractivity contribution is 6.17. The van der Waals surface area contributed by atoms with E-state index in [1.54, 1.807) is 14.2 Å². The molecule has 3 N–H and O–H groups in total. The van der Waals surface area contributed by atoms with E-state index in [4.69, 9.17) is 5.73 Å². The molecule has 0 aromatic heterocycles. The predicted molar refractivity (Wildman–Crippen MR) is 57.3 cm³/mol. The second-order valence-corrected chi connectivity index (χ2v) is 4.46. The van der Waals surface area contributed by atoms with Crippen molar-refractivity contribution in [3.8, 4) is 0 Å². The molecule has 80 valence electrons. The van der Waals surface area contributed by atoms with Gasteiger partial charge >= 0.3 is 10.0 Å². The van der Waals surface area contributed by atoms with Gasteiger partial charge in [-0.3, -0.25) is 0 Å². The highest BCUT2D eigenvalue weighted by Crippen LogP contribution is 2.17. The van der Waals surface area contributed by atoms with Gasteiger partial charge in [0, 0.05) is 33.4 Å². The first-order valence-corrected chi connectivity index (χ1v) is 5.92. The fourth-order valence-corrected chi connectivity index (χ4v) is 1.25. The molecule has 0 aliphatic heterocycles. The zero-order valence-corrected chi connectivity index (χ0v) is 10.1. The lowest BCUT2D eigenvalue weighted by atomic mass is 9.93. The molecule has 0 bridgehead atoms. The summed E-state index contributed by atoms with van der Waals surface area (Å²) in [5.74, 6) is 0. The Morgan fingerprint density at radius 2 is 2.00 bits per heavy atom. The molecule has 0 heterocycles. The number of hydrogen-bond donors (Lipinski definition) is 2. The lowest BCUT2D eigenvalue weighted by Gasteiger charge is -2.26. The molecule has 0 aromatic rings. The standard InChI is InChI=1S/C6H14N2.C2H8O2Si/c7-4-5-8-6-2-1-3-6;1-3-5-4-2/h6,8H,1-5,7H2;5H2,1-2H3. The average Bonchev–Trinajstić information content (AvgIpc) is 2.05. The summed E-state index contributed by atoms with van der Waals surface area (Å²) in [7, 11) is 2.73. The fraction of sp³-hybridized carbons (Fsp3) is 1.00. The Morgan fingerprint density at radius 1 is 1.38 bits per heavy atom. The largest absolute Gasteiger partial charge is 0.402 e. The zero-order valence-electron chi connectivity index (χ0n) is 8.71. The summed E-state index contributed by atoms with van der Waals surface area (Å²) in [6.45, 7) is 1.77. The highest BCUT2D eigenvalue weighted by atomic mass is 28.3. The molecule has 0 saturated heterocycles. The SMILES string of the molecule is CO[SiH2]OC.NCCNC1CCC1. The van der Waals surface area contributed by atoms with Crippen LogP contribution in [0.25, 0.3) is 0 Å². The van der Waals surface area contributed by atoms with Crippen molar-refractivity contribution in [2.75, 3.05) is 27.3 Å². The van der Waals surface area contributed by atoms with E-state index >= 15 is 0 Å². The maximum atomic E-state index is 5.29. The summed E-state index contributed by atoms with van der Waals surface area (Å²) in [5, 5.41) is 3.34. The molecule has 1 aliphatic carbocycles. The molecule has 1 aliphatic rings. The van der Waals surface area contributed by atoms with Gasteiger partial charge in [0.1, 0.15) is 0 Å². The van der Waals surface area contributed by atoms with Gasteiger partial charge in [-0.05, 0) is 12.8 Å². The molecule has 4 nitrogen and oxygen atoms in total. The topological polar surface area (TPSA) is 56.5 Å². The third kappa shape index (κ3) is 8.39. The minimum Gasteiger partial charge on any atom is -0.402 e. The molecule has 0 atom stereocenters. The van der Waals surface area contributed by atoms with Gasteiger partial charge in [0.2, 0.25) is 0 Å². The summed E-state index contributed by atoms with van der Waals surface area (Å²) in [4.78, 5) is 0. The van der Waals surface area contributed by atoms with Crippen LogP contribution in [0.1, 0.15) is 19.3 Å². The zero-order chi connectivity index (χ0) is 9.94. The second-order valence-electron chi connectivity index (χ2n) is 3.07. The maximum absolute atomic E-state index is 5.29. The smallest absolute Gasteiger partial charge is 0.303 e. The first-order valence-electron chi connectivity index (χ1n) is 4.76. The van der Waals surface area contributed by atoms with Crippen LogP contribution in [-0.2, 0) is 8.85 Å². The molecular weight excluding hydrogens is 184 g/mol. The van der Waals surface area contributed by atoms with Gasteiger partial charge in [0.25, 0.3) is 0 Å². The summed E-state index contributed by atoms with van der Waals surface area (Å²) >= 11 is 0. The Morgan fingerprint density at radius 3 is 2.23 bits per heavy atom. The van der Waals surface area contributed by atoms with Gasteiger partial charge < -0.3 is 19.9 Å². The van der Waals surface area contributed by atoms with Crippen molar-refractivity contribution in [1.82, 2.24) is 5.32 Å². The number of rotatable bonds is 5. The summed E-state index contributed by atoms with van der Waals surface area (Å²) in [6.07, 6.45) is 4.13. The first-order chi connectivity index (χ1) is 6.35. The molecule has 13 heavy (non-hydrogen) atoms. The number of hydrogen-bond acceptors (Lipinski definition) is 4. The molecule has 0 aromatic carbocycles. The summed E-state index contributed by atoms with van der Waals surface area (Å²) < 4.78 is 9.22. The van der Waals surface area contributed by atoms with Crippen LogP contribution in [-0.4, -0.2) is 43.4 Å². The summed E-state index contributed by atoms with van der Waals surface area (Å²) in [5.41, 5.74) is 5.29. The van der Waals surface area contributed by atoms with E-state index in [0.717, 1.165) is 19.1 Å². The fourth-order valence-electron chi connectivity index (χ4n) is 1.02. The van der Waals surface area contributed by atoms with E-state index in [2.05, 4.69) is 14.2 Å². The molecular formula is C8H22N2O2Si. The number of nitrogens with two attached hydrogens (primary N) is 1. The van der Waals surface area contributed by atoms with Crippen molar-refractivity contribution >= 4 is 10.0 Å². The lowest BCUT2D eigenvalue weighted by Crippen LogP contribution is -2.37. The Labute approximate surface area is 83.2 Å². The van der Waals surface area contributed by atoms with E-state index < -0.39 is 10.0 Å². The van der Waals surface area contributed by atoms with E-state index in [9.17, 15) is 0 Å². The van der Waals surface area contributed by atoms with Gasteiger partial charge in [-0.25, -0.2) is 0 Å². The Balaban J connectivity index is 0.000000252. The molecule has 0 radical (unpaired) electrons. The molecule has 0 unspecified atom stereocenters. The first kappa shape index (κ1) is 13.1. The van der Waals surface area contributed by atoms with E-state index in [1.807, 2.05) is 0 Å². The minimum atomic E-state index is -0.568. The van der Waals surface area contributed by atoms with Gasteiger partial charge in [0.05, 0.1) is 0 Å². The lowest BCUT2D eigenvalue weighted by molar-refractivity contribution is 0.309. The van der Waals surface area contributed by atoms with Crippen molar-refractivity contribution in [3.63, 3.8) is 0 Å². The van der Waals surface area contributed by atoms with E-state index in [0.29, 0.717) is 0 Å². The third-order valence-corrected chi connectivity index (χ3v) is 2.39. The average molecular weight is 206 g/mol. The van der Waals surface area contributed by atoms with Crippen LogP contribution < -0.4 is 11.1 Å². The molecule has 1 rings (SSSR count). The Kier molecular flexibility index (Phi) is 10.2. The van der Waals surface area contributed by atoms with Crippen LogP contribution in [0.2, 0.25) is 0 Å². The number of nitrogens with one attached hydrogen (secondary N) is 1. The molecule has 1 saturated carbocycles. The van der Waals surface area contributed by atoms with Gasteiger partial charge in [-0.2, -0.15) is 0 Å². The Bertz CT molecular complexity index is 100. The van der Waals surface area contributed by atoms with Crippen molar-refractivity contribution in [2.24, 2.45) is 5.73 Å². The molecule has 0 spiro atoms. The van der Waals surface area contributed by atoms with Crippen molar-refractivity contribution < 1.29 is 8.85 Å². The van der Waals surface area contributed by atoms with E-state index in [1.165, 1.54) is 19.3 Å². The van der Waals surface area contributed by atoms with Gasteiger partial charge in [-0.15, -0.1) is 0 Å². The minimum absolute atomic E-state index is 0.568. The van der Waals surface area contributed by atoms with Crippen LogP contribution in [0.5, 0.6) is 0 Å². The molecule has 0 amide bonds. The van der Waals surface area contributed by atoms with Crippen LogP contribution in [0, 0.1) is 0 Å². The highest BCUT2D eigenvalue weighted by Gasteiger charge is 2.14. The van der Waals surface area contributed by atoms with Crippen LogP contribution in [0.15, 0.2) is 0 Å². The van der Waals surface area contributed by atoms with Gasteiger partial charge in [-0.1, -0.05) is 6.42 Å². The molecule has 1 fully saturated rings. The van der Waals surface area contributed by atoms with Crippen molar-refractivity contribution in [1.29, 1.82) is 0 Å². The maximum Gasteiger partial charge on any atom is 0.303 e. The Hall–Kier alpha value is 0.0569. The molecule has 5 heteroatoms. The van der Waals surface area contributed by atoms with Crippen LogP contribution >= 0.6 is 0 Å². The van der Waals surface area contributed by atoms with Crippen LogP contribution in [0.4, 0.5) is 0 Å². The van der Waals surface area contributed by atoms with E-state index in [-0.39, 0.29) is 0 Å². The van der Waals surface area contributed by atoms with Crippen LogP contribution in [0.3, 0.4) is 0 Å². The normalized spacial score (nSPS) is 15.9. The monoisotopic (exact) mass is 206 g/mol. The predicted octanol–water partition coefficient (Wildman–Crippen LogP) is -0.635. The van der Waals surface area contributed by atoms with Crippen molar-refractivity contribution in [3.05, 3.63) is 0 Å². The van der Waals surface area contributed by atoms with Gasteiger partial charge in [0.15, 0.2) is 0 Å². The summed E-state index contributed by atoms with van der Waals surface area (Å²) in [6, 6.07) is 0.804. The quantitative estimate of drug-likeness (QED) is 0.588. The van der Waals surface area contributed by atoms with Crippen molar-refractivity contribution in [2.45, 2.75) is 25.3 Å².